The molecule has 0 spiro atoms. The molecule has 1 aliphatic heterocycles. The van der Waals surface area contributed by atoms with Gasteiger partial charge in [0.15, 0.2) is 0 Å². The predicted molar refractivity (Wildman–Crippen MR) is 98.6 cm³/mol. The molecule has 1 aromatic carbocycles. The summed E-state index contributed by atoms with van der Waals surface area (Å²) in [6.07, 6.45) is 8.55. The molecule has 2 amide bonds. The monoisotopic (exact) mass is 355 g/mol. The van der Waals surface area contributed by atoms with Gasteiger partial charge in [-0.15, -0.1) is 0 Å². The molecule has 0 saturated carbocycles. The molecule has 0 bridgehead atoms. The van der Waals surface area contributed by atoms with E-state index in [1.165, 1.54) is 0 Å². The van der Waals surface area contributed by atoms with E-state index in [4.69, 9.17) is 11.6 Å². The summed E-state index contributed by atoms with van der Waals surface area (Å²) in [6, 6.07) is 8.80. The normalized spacial score (nSPS) is 14.3. The maximum Gasteiger partial charge on any atom is 0.251 e. The number of amides is 2. The van der Waals surface area contributed by atoms with E-state index in [1.807, 2.05) is 24.3 Å². The van der Waals surface area contributed by atoms with Crippen molar-refractivity contribution in [2.24, 2.45) is 0 Å². The Bertz CT molecular complexity index is 806. The number of hydrogen-bond acceptors (Lipinski definition) is 3. The molecule has 1 aliphatic rings. The summed E-state index contributed by atoms with van der Waals surface area (Å²) in [6.45, 7) is 1.05. The summed E-state index contributed by atoms with van der Waals surface area (Å²) in [5.41, 5.74) is 2.08. The Hall–Kier alpha value is -2.66. The van der Waals surface area contributed by atoms with Gasteiger partial charge in [-0.2, -0.15) is 0 Å². The maximum atomic E-state index is 12.3. The second kappa shape index (κ2) is 7.94. The molecule has 3 rings (SSSR count). The number of carbonyl (C=O) groups excluding carboxylic acids is 2. The first-order valence-corrected chi connectivity index (χ1v) is 8.47. The second-order valence-electron chi connectivity index (χ2n) is 5.75. The quantitative estimate of drug-likeness (QED) is 0.895. The number of aromatic nitrogens is 1. The molecule has 0 aliphatic carbocycles. The molecule has 5 nitrogen and oxygen atoms in total. The number of anilines is 1. The summed E-state index contributed by atoms with van der Waals surface area (Å²) < 4.78 is 0. The lowest BCUT2D eigenvalue weighted by Gasteiger charge is -2.17. The van der Waals surface area contributed by atoms with E-state index in [9.17, 15) is 9.59 Å². The number of nitrogens with one attached hydrogen (secondary N) is 1. The smallest absolute Gasteiger partial charge is 0.251 e. The van der Waals surface area contributed by atoms with E-state index < -0.39 is 0 Å². The lowest BCUT2D eigenvalue weighted by atomic mass is 10.1. The fourth-order valence-electron chi connectivity index (χ4n) is 2.71. The Morgan fingerprint density at radius 3 is 2.96 bits per heavy atom. The Kier molecular flexibility index (Phi) is 5.46. The largest absolute Gasteiger partial charge is 0.349 e. The minimum atomic E-state index is -0.230. The minimum absolute atomic E-state index is 0.0630. The van der Waals surface area contributed by atoms with Crippen LogP contribution >= 0.6 is 11.6 Å². The number of halogens is 1. The van der Waals surface area contributed by atoms with Crippen LogP contribution in [-0.4, -0.2) is 29.9 Å². The highest BCUT2D eigenvalue weighted by atomic mass is 35.5. The summed E-state index contributed by atoms with van der Waals surface area (Å²) in [4.78, 5) is 29.9. The van der Waals surface area contributed by atoms with Crippen molar-refractivity contribution in [3.63, 3.8) is 0 Å². The molecule has 0 atom stereocenters. The summed E-state index contributed by atoms with van der Waals surface area (Å²) in [5.74, 6) is -0.167. The molecular weight excluding hydrogens is 338 g/mol. The van der Waals surface area contributed by atoms with Crippen molar-refractivity contribution in [1.29, 1.82) is 0 Å². The van der Waals surface area contributed by atoms with Gasteiger partial charge in [-0.05, 0) is 36.2 Å². The highest BCUT2D eigenvalue weighted by Crippen LogP contribution is 2.26. The second-order valence-corrected chi connectivity index (χ2v) is 6.18. The third-order valence-corrected chi connectivity index (χ3v) is 4.12. The average molecular weight is 356 g/mol. The maximum absolute atomic E-state index is 12.3. The fourth-order valence-corrected chi connectivity index (χ4v) is 2.93. The van der Waals surface area contributed by atoms with Gasteiger partial charge in [0.05, 0.1) is 0 Å². The molecule has 2 heterocycles. The van der Waals surface area contributed by atoms with Crippen LogP contribution in [0.1, 0.15) is 28.8 Å². The van der Waals surface area contributed by atoms with Crippen molar-refractivity contribution in [3.05, 3.63) is 65.0 Å². The van der Waals surface area contributed by atoms with Gasteiger partial charge in [-0.1, -0.05) is 29.8 Å². The summed E-state index contributed by atoms with van der Waals surface area (Å²) in [7, 11) is 0. The van der Waals surface area contributed by atoms with Gasteiger partial charge in [0.1, 0.15) is 0 Å². The van der Waals surface area contributed by atoms with Crippen LogP contribution in [0.3, 0.4) is 0 Å². The van der Waals surface area contributed by atoms with Crippen LogP contribution in [0.15, 0.2) is 48.8 Å². The lowest BCUT2D eigenvalue weighted by molar-refractivity contribution is -0.117. The Morgan fingerprint density at radius 1 is 1.36 bits per heavy atom. The molecule has 1 N–H and O–H groups in total. The predicted octanol–water partition coefficient (Wildman–Crippen LogP) is 3.31. The van der Waals surface area contributed by atoms with Gasteiger partial charge < -0.3 is 10.2 Å². The zero-order chi connectivity index (χ0) is 17.6. The van der Waals surface area contributed by atoms with Crippen molar-refractivity contribution < 1.29 is 9.59 Å². The van der Waals surface area contributed by atoms with E-state index in [0.29, 0.717) is 35.8 Å². The minimum Gasteiger partial charge on any atom is -0.349 e. The number of rotatable bonds is 5. The third-order valence-electron chi connectivity index (χ3n) is 3.91. The van der Waals surface area contributed by atoms with E-state index >= 15 is 0 Å². The first-order chi connectivity index (χ1) is 12.1. The van der Waals surface area contributed by atoms with Crippen LogP contribution in [0.5, 0.6) is 0 Å². The van der Waals surface area contributed by atoms with Crippen molar-refractivity contribution in [2.75, 3.05) is 18.0 Å². The van der Waals surface area contributed by atoms with E-state index in [0.717, 1.165) is 12.0 Å². The number of carbonyl (C=O) groups is 2. The Labute approximate surface area is 151 Å². The van der Waals surface area contributed by atoms with Gasteiger partial charge in [0.25, 0.3) is 5.91 Å². The van der Waals surface area contributed by atoms with E-state index in [-0.39, 0.29) is 11.8 Å². The molecule has 1 aromatic heterocycles. The summed E-state index contributed by atoms with van der Waals surface area (Å²) in [5, 5.41) is 3.26. The number of nitrogens with zero attached hydrogens (tertiary/aromatic N) is 2. The Morgan fingerprint density at radius 2 is 2.24 bits per heavy atom. The van der Waals surface area contributed by atoms with Crippen LogP contribution in [0.4, 0.5) is 5.69 Å². The van der Waals surface area contributed by atoms with Crippen LogP contribution in [0.2, 0.25) is 5.02 Å². The first kappa shape index (κ1) is 17.2. The molecule has 128 valence electrons. The van der Waals surface area contributed by atoms with Crippen molar-refractivity contribution in [2.45, 2.75) is 12.8 Å². The van der Waals surface area contributed by atoms with Crippen LogP contribution < -0.4 is 10.2 Å². The van der Waals surface area contributed by atoms with E-state index in [2.05, 4.69) is 10.3 Å². The molecule has 25 heavy (non-hydrogen) atoms. The zero-order valence-corrected chi connectivity index (χ0v) is 14.4. The van der Waals surface area contributed by atoms with Gasteiger partial charge in [-0.3, -0.25) is 14.6 Å². The van der Waals surface area contributed by atoms with E-state index in [1.54, 1.807) is 35.5 Å². The third kappa shape index (κ3) is 4.45. The van der Waals surface area contributed by atoms with Crippen LogP contribution in [0, 0.1) is 0 Å². The number of benzene rings is 1. The molecular formula is C19H18ClN3O2. The zero-order valence-electron chi connectivity index (χ0n) is 13.6. The van der Waals surface area contributed by atoms with Gasteiger partial charge in [-0.25, -0.2) is 0 Å². The highest BCUT2D eigenvalue weighted by Gasteiger charge is 2.22. The number of hydrogen-bond donors (Lipinski definition) is 1. The molecule has 2 aromatic rings. The number of pyridine rings is 1. The molecule has 1 fully saturated rings. The highest BCUT2D eigenvalue weighted by molar-refractivity contribution is 6.31. The van der Waals surface area contributed by atoms with Crippen LogP contribution in [-0.2, 0) is 4.79 Å². The molecule has 6 heteroatoms. The molecule has 0 unspecified atom stereocenters. The van der Waals surface area contributed by atoms with Crippen molar-refractivity contribution >= 4 is 35.2 Å². The fraction of sp³-hybridized carbons (Fsp3) is 0.211. The van der Waals surface area contributed by atoms with Gasteiger partial charge in [0.2, 0.25) is 5.91 Å². The van der Waals surface area contributed by atoms with Crippen molar-refractivity contribution in [3.8, 4) is 0 Å². The topological polar surface area (TPSA) is 62.3 Å². The van der Waals surface area contributed by atoms with Gasteiger partial charge in [0, 0.05) is 48.2 Å². The Balaban J connectivity index is 1.64. The average Bonchev–Trinajstić information content (AvgIpc) is 3.05. The molecule has 1 saturated heterocycles. The summed E-state index contributed by atoms with van der Waals surface area (Å²) >= 11 is 6.12. The van der Waals surface area contributed by atoms with Crippen molar-refractivity contribution in [1.82, 2.24) is 10.3 Å². The molecule has 0 radical (unpaired) electrons. The standard InChI is InChI=1S/C19H18ClN3O2/c20-16-10-15(11-17(12-16)23-9-3-6-18(23)24)19(25)22-8-2-5-14-4-1-7-21-13-14/h1-2,4-5,7,10-13H,3,6,8-9H2,(H,22,25)/b5-2+. The SMILES string of the molecule is O=C(NC/C=C/c1cccnc1)c1cc(Cl)cc(N2CCCC2=O)c1. The van der Waals surface area contributed by atoms with Crippen LogP contribution in [0.25, 0.3) is 6.08 Å². The first-order valence-electron chi connectivity index (χ1n) is 8.09. The lowest BCUT2D eigenvalue weighted by Crippen LogP contribution is -2.26. The van der Waals surface area contributed by atoms with Gasteiger partial charge >= 0.3 is 0 Å².